The number of rotatable bonds is 5. The summed E-state index contributed by atoms with van der Waals surface area (Å²) >= 11 is 0. The van der Waals surface area contributed by atoms with Crippen molar-refractivity contribution in [3.05, 3.63) is 59.7 Å². The molecule has 2 heterocycles. The molecule has 2 aromatic carbocycles. The van der Waals surface area contributed by atoms with Gasteiger partial charge in [-0.2, -0.15) is 0 Å². The van der Waals surface area contributed by atoms with E-state index in [1.807, 2.05) is 60.4 Å². The van der Waals surface area contributed by atoms with E-state index in [4.69, 9.17) is 4.74 Å². The summed E-state index contributed by atoms with van der Waals surface area (Å²) in [4.78, 5) is 42.2. The number of benzene rings is 2. The van der Waals surface area contributed by atoms with E-state index in [2.05, 4.69) is 5.32 Å². The Morgan fingerprint density at radius 3 is 2.32 bits per heavy atom. The minimum atomic E-state index is -0.458. The Labute approximate surface area is 201 Å². The summed E-state index contributed by atoms with van der Waals surface area (Å²) in [6, 6.07) is 15.2. The number of hydrogen-bond donors (Lipinski definition) is 1. The molecular weight excluding hydrogens is 430 g/mol. The molecule has 0 aliphatic carbocycles. The van der Waals surface area contributed by atoms with Gasteiger partial charge in [0, 0.05) is 43.7 Å². The van der Waals surface area contributed by atoms with E-state index >= 15 is 0 Å². The van der Waals surface area contributed by atoms with Gasteiger partial charge in [-0.15, -0.1) is 0 Å². The number of likely N-dealkylation sites (tertiary alicyclic amines) is 1. The van der Waals surface area contributed by atoms with Crippen molar-refractivity contribution in [3.8, 4) is 5.75 Å². The minimum Gasteiger partial charge on any atom is -0.496 e. The van der Waals surface area contributed by atoms with E-state index in [-0.39, 0.29) is 29.7 Å². The summed E-state index contributed by atoms with van der Waals surface area (Å²) in [5, 5.41) is 2.96. The van der Waals surface area contributed by atoms with E-state index in [0.29, 0.717) is 31.7 Å². The Morgan fingerprint density at radius 2 is 1.68 bits per heavy atom. The third kappa shape index (κ3) is 4.93. The predicted molar refractivity (Wildman–Crippen MR) is 131 cm³/mol. The Hall–Kier alpha value is -3.35. The van der Waals surface area contributed by atoms with Crippen LogP contribution in [-0.4, -0.2) is 48.9 Å². The maximum absolute atomic E-state index is 13.9. The summed E-state index contributed by atoms with van der Waals surface area (Å²) in [5.74, 6) is 0.310. The van der Waals surface area contributed by atoms with Gasteiger partial charge in [-0.1, -0.05) is 35.9 Å². The first-order valence-corrected chi connectivity index (χ1v) is 12.0. The molecule has 1 N–H and O–H groups in total. The molecule has 7 nitrogen and oxygen atoms in total. The minimum absolute atomic E-state index is 0.00757. The lowest BCUT2D eigenvalue weighted by Gasteiger charge is -2.43. The zero-order valence-electron chi connectivity index (χ0n) is 20.1. The van der Waals surface area contributed by atoms with Gasteiger partial charge in [-0.25, -0.2) is 0 Å². The summed E-state index contributed by atoms with van der Waals surface area (Å²) in [5.41, 5.74) is 2.73. The number of amides is 3. The van der Waals surface area contributed by atoms with Gasteiger partial charge in [0.1, 0.15) is 5.75 Å². The molecule has 34 heavy (non-hydrogen) atoms. The Kier molecular flexibility index (Phi) is 7.20. The smallest absolute Gasteiger partial charge is 0.228 e. The molecule has 3 amide bonds. The molecule has 0 spiro atoms. The number of nitrogens with one attached hydrogen (secondary N) is 1. The van der Waals surface area contributed by atoms with E-state index < -0.39 is 6.04 Å². The van der Waals surface area contributed by atoms with Crippen molar-refractivity contribution < 1.29 is 19.1 Å². The maximum atomic E-state index is 13.9. The topological polar surface area (TPSA) is 79.0 Å². The number of para-hydroxylation sites is 1. The molecule has 180 valence electrons. The molecule has 2 saturated heterocycles. The summed E-state index contributed by atoms with van der Waals surface area (Å²) < 4.78 is 5.66. The van der Waals surface area contributed by atoms with Crippen molar-refractivity contribution in [2.24, 2.45) is 5.92 Å². The first-order valence-electron chi connectivity index (χ1n) is 12.0. The van der Waals surface area contributed by atoms with E-state index in [1.54, 1.807) is 12.0 Å². The van der Waals surface area contributed by atoms with Crippen molar-refractivity contribution in [1.29, 1.82) is 0 Å². The predicted octanol–water partition coefficient (Wildman–Crippen LogP) is 3.62. The normalized spacial score (nSPS) is 21.3. The Morgan fingerprint density at radius 1 is 1.00 bits per heavy atom. The summed E-state index contributed by atoms with van der Waals surface area (Å²) in [6.07, 6.45) is 2.28. The lowest BCUT2D eigenvalue weighted by molar-refractivity contribution is -0.139. The van der Waals surface area contributed by atoms with Crippen LogP contribution in [0.5, 0.6) is 5.75 Å². The van der Waals surface area contributed by atoms with Crippen molar-refractivity contribution in [2.75, 3.05) is 25.1 Å². The fourth-order valence-electron chi connectivity index (χ4n) is 5.19. The van der Waals surface area contributed by atoms with Crippen LogP contribution in [0.1, 0.15) is 49.8 Å². The molecule has 4 rings (SSSR count). The Balaban J connectivity index is 1.68. The van der Waals surface area contributed by atoms with Crippen molar-refractivity contribution in [3.63, 3.8) is 0 Å². The fourth-order valence-corrected chi connectivity index (χ4v) is 5.19. The third-order valence-corrected chi connectivity index (χ3v) is 6.90. The molecule has 2 fully saturated rings. The number of carbonyl (C=O) groups excluding carboxylic acids is 3. The standard InChI is InChI=1S/C27H33N3O4/c1-18-8-10-21(11-9-18)30-25(32)13-12-23(26(30)22-6-4-5-7-24(22)34-3)27(33)29-16-14-20(15-17-29)28-19(2)31/h4-11,20,23,26H,12-17H2,1-3H3,(H,28,31). The van der Waals surface area contributed by atoms with Crippen LogP contribution in [0, 0.1) is 12.8 Å². The van der Waals surface area contributed by atoms with Crippen molar-refractivity contribution >= 4 is 23.4 Å². The number of hydrogen-bond acceptors (Lipinski definition) is 4. The van der Waals surface area contributed by atoms with Crippen LogP contribution in [0.25, 0.3) is 0 Å². The highest BCUT2D eigenvalue weighted by Crippen LogP contribution is 2.44. The fraction of sp³-hybridized carbons (Fsp3) is 0.444. The van der Waals surface area contributed by atoms with Gasteiger partial charge < -0.3 is 19.9 Å². The summed E-state index contributed by atoms with van der Waals surface area (Å²) in [7, 11) is 1.61. The highest BCUT2D eigenvalue weighted by Gasteiger charge is 2.44. The molecular formula is C27H33N3O4. The van der Waals surface area contributed by atoms with Gasteiger partial charge in [0.25, 0.3) is 0 Å². The molecule has 7 heteroatoms. The second kappa shape index (κ2) is 10.3. The van der Waals surface area contributed by atoms with Crippen molar-refractivity contribution in [2.45, 2.75) is 51.6 Å². The monoisotopic (exact) mass is 463 g/mol. The van der Waals surface area contributed by atoms with Crippen LogP contribution in [-0.2, 0) is 14.4 Å². The third-order valence-electron chi connectivity index (χ3n) is 6.90. The van der Waals surface area contributed by atoms with E-state index in [1.165, 1.54) is 6.92 Å². The summed E-state index contributed by atoms with van der Waals surface area (Å²) in [6.45, 7) is 4.72. The van der Waals surface area contributed by atoms with Crippen LogP contribution in [0.4, 0.5) is 5.69 Å². The first kappa shape index (κ1) is 23.8. The molecule has 2 unspecified atom stereocenters. The van der Waals surface area contributed by atoms with Crippen LogP contribution < -0.4 is 15.0 Å². The number of carbonyl (C=O) groups is 3. The first-order chi connectivity index (χ1) is 16.4. The van der Waals surface area contributed by atoms with Crippen LogP contribution in [0.15, 0.2) is 48.5 Å². The zero-order valence-corrected chi connectivity index (χ0v) is 20.1. The lowest BCUT2D eigenvalue weighted by Crippen LogP contribution is -2.52. The average Bonchev–Trinajstić information content (AvgIpc) is 2.84. The average molecular weight is 464 g/mol. The van der Waals surface area contributed by atoms with E-state index in [0.717, 1.165) is 29.7 Å². The number of methoxy groups -OCH3 is 1. The molecule has 0 radical (unpaired) electrons. The van der Waals surface area contributed by atoms with Gasteiger partial charge >= 0.3 is 0 Å². The second-order valence-electron chi connectivity index (χ2n) is 9.23. The van der Waals surface area contributed by atoms with Crippen LogP contribution in [0.3, 0.4) is 0 Å². The number of aryl methyl sites for hydroxylation is 1. The highest BCUT2D eigenvalue weighted by atomic mass is 16.5. The molecule has 2 aliphatic rings. The molecule has 0 bridgehead atoms. The van der Waals surface area contributed by atoms with Gasteiger partial charge in [-0.05, 0) is 44.4 Å². The maximum Gasteiger partial charge on any atom is 0.228 e. The van der Waals surface area contributed by atoms with Crippen molar-refractivity contribution in [1.82, 2.24) is 10.2 Å². The van der Waals surface area contributed by atoms with Gasteiger partial charge in [0.2, 0.25) is 17.7 Å². The number of ether oxygens (including phenoxy) is 1. The molecule has 0 aromatic heterocycles. The number of anilines is 1. The Bertz CT molecular complexity index is 1040. The lowest BCUT2D eigenvalue weighted by atomic mass is 9.82. The highest BCUT2D eigenvalue weighted by molar-refractivity contribution is 5.97. The number of nitrogens with zero attached hydrogens (tertiary/aromatic N) is 2. The van der Waals surface area contributed by atoms with E-state index in [9.17, 15) is 14.4 Å². The molecule has 2 aliphatic heterocycles. The van der Waals surface area contributed by atoms with Gasteiger partial charge in [0.05, 0.1) is 19.1 Å². The molecule has 2 aromatic rings. The van der Waals surface area contributed by atoms with Crippen LogP contribution in [0.2, 0.25) is 0 Å². The quantitative estimate of drug-likeness (QED) is 0.735. The van der Waals surface area contributed by atoms with Gasteiger partial charge in [0.15, 0.2) is 0 Å². The molecule has 0 saturated carbocycles. The SMILES string of the molecule is COc1ccccc1C1C(C(=O)N2CCC(NC(C)=O)CC2)CCC(=O)N1c1ccc(C)cc1. The molecule has 2 atom stereocenters. The number of piperidine rings is 2. The largest absolute Gasteiger partial charge is 0.496 e. The van der Waals surface area contributed by atoms with Crippen LogP contribution >= 0.6 is 0 Å². The second-order valence-corrected chi connectivity index (χ2v) is 9.23. The van der Waals surface area contributed by atoms with Gasteiger partial charge in [-0.3, -0.25) is 14.4 Å². The zero-order chi connectivity index (χ0) is 24.2.